The molecule has 4 rings (SSSR count). The van der Waals surface area contributed by atoms with Gasteiger partial charge in [-0.05, 0) is 47.5 Å². The first kappa shape index (κ1) is 19.9. The van der Waals surface area contributed by atoms with Crippen molar-refractivity contribution in [3.63, 3.8) is 0 Å². The summed E-state index contributed by atoms with van der Waals surface area (Å²) in [6.07, 6.45) is 1.56. The molecule has 2 N–H and O–H groups in total. The van der Waals surface area contributed by atoms with Gasteiger partial charge in [-0.2, -0.15) is 0 Å². The Balaban J connectivity index is 1.81. The van der Waals surface area contributed by atoms with Gasteiger partial charge in [-0.1, -0.05) is 54.6 Å². The Morgan fingerprint density at radius 2 is 1.50 bits per heavy atom. The van der Waals surface area contributed by atoms with Crippen molar-refractivity contribution < 1.29 is 12.8 Å². The van der Waals surface area contributed by atoms with E-state index in [4.69, 9.17) is 10.2 Å². The predicted molar refractivity (Wildman–Crippen MR) is 119 cm³/mol. The SMILES string of the molecule is CN(c1ccc(C(N)c2ccccc2)cc1-c1ccco1)S(=O)(=O)c1ccccc1. The van der Waals surface area contributed by atoms with E-state index in [-0.39, 0.29) is 10.9 Å². The lowest BCUT2D eigenvalue weighted by molar-refractivity contribution is 0.582. The van der Waals surface area contributed by atoms with Crippen LogP contribution in [0.4, 0.5) is 5.69 Å². The summed E-state index contributed by atoms with van der Waals surface area (Å²) in [4.78, 5) is 0.225. The highest BCUT2D eigenvalue weighted by molar-refractivity contribution is 7.92. The van der Waals surface area contributed by atoms with Crippen molar-refractivity contribution in [1.29, 1.82) is 0 Å². The van der Waals surface area contributed by atoms with Crippen molar-refractivity contribution in [1.82, 2.24) is 0 Å². The lowest BCUT2D eigenvalue weighted by Gasteiger charge is -2.23. The third-order valence-electron chi connectivity index (χ3n) is 5.07. The first-order chi connectivity index (χ1) is 14.5. The van der Waals surface area contributed by atoms with Gasteiger partial charge in [-0.25, -0.2) is 8.42 Å². The van der Waals surface area contributed by atoms with E-state index >= 15 is 0 Å². The maximum atomic E-state index is 13.2. The highest BCUT2D eigenvalue weighted by Crippen LogP contribution is 2.36. The molecule has 1 aromatic heterocycles. The minimum atomic E-state index is -3.73. The van der Waals surface area contributed by atoms with Crippen LogP contribution in [0.25, 0.3) is 11.3 Å². The van der Waals surface area contributed by atoms with Gasteiger partial charge in [0, 0.05) is 12.6 Å². The molecule has 0 saturated heterocycles. The van der Waals surface area contributed by atoms with E-state index in [1.54, 1.807) is 61.8 Å². The van der Waals surface area contributed by atoms with Gasteiger partial charge in [0.1, 0.15) is 5.76 Å². The van der Waals surface area contributed by atoms with Gasteiger partial charge < -0.3 is 10.2 Å². The van der Waals surface area contributed by atoms with Crippen molar-refractivity contribution in [3.8, 4) is 11.3 Å². The molecule has 0 aliphatic heterocycles. The van der Waals surface area contributed by atoms with Crippen LogP contribution in [0.2, 0.25) is 0 Å². The molecule has 5 nitrogen and oxygen atoms in total. The van der Waals surface area contributed by atoms with Crippen molar-refractivity contribution >= 4 is 15.7 Å². The van der Waals surface area contributed by atoms with E-state index < -0.39 is 10.0 Å². The van der Waals surface area contributed by atoms with E-state index in [1.807, 2.05) is 42.5 Å². The fourth-order valence-electron chi connectivity index (χ4n) is 3.38. The summed E-state index contributed by atoms with van der Waals surface area (Å²) < 4.78 is 33.2. The monoisotopic (exact) mass is 418 g/mol. The Bertz CT molecular complexity index is 1220. The van der Waals surface area contributed by atoms with Crippen molar-refractivity contribution in [2.75, 3.05) is 11.4 Å². The van der Waals surface area contributed by atoms with Crippen LogP contribution in [0.5, 0.6) is 0 Å². The zero-order chi connectivity index (χ0) is 21.1. The number of nitrogens with zero attached hydrogens (tertiary/aromatic N) is 1. The molecule has 0 aliphatic carbocycles. The molecule has 0 bridgehead atoms. The van der Waals surface area contributed by atoms with E-state index in [2.05, 4.69) is 0 Å². The Morgan fingerprint density at radius 3 is 2.13 bits per heavy atom. The first-order valence-corrected chi connectivity index (χ1v) is 10.9. The number of hydrogen-bond donors (Lipinski definition) is 1. The maximum Gasteiger partial charge on any atom is 0.264 e. The first-order valence-electron chi connectivity index (χ1n) is 9.51. The lowest BCUT2D eigenvalue weighted by atomic mass is 9.96. The number of benzene rings is 3. The van der Waals surface area contributed by atoms with E-state index in [1.165, 1.54) is 4.31 Å². The van der Waals surface area contributed by atoms with E-state index in [0.29, 0.717) is 17.0 Å². The third kappa shape index (κ3) is 3.75. The molecule has 1 atom stereocenters. The number of furan rings is 1. The van der Waals surface area contributed by atoms with Gasteiger partial charge in [0.05, 0.1) is 22.9 Å². The number of nitrogens with two attached hydrogens (primary N) is 1. The highest BCUT2D eigenvalue weighted by atomic mass is 32.2. The smallest absolute Gasteiger partial charge is 0.264 e. The second kappa shape index (κ2) is 8.18. The summed E-state index contributed by atoms with van der Waals surface area (Å²) in [6.45, 7) is 0. The quantitative estimate of drug-likeness (QED) is 0.487. The molecule has 3 aromatic carbocycles. The van der Waals surface area contributed by atoms with Gasteiger partial charge in [0.2, 0.25) is 0 Å². The largest absolute Gasteiger partial charge is 0.464 e. The highest BCUT2D eigenvalue weighted by Gasteiger charge is 2.25. The predicted octanol–water partition coefficient (Wildman–Crippen LogP) is 4.82. The van der Waals surface area contributed by atoms with Gasteiger partial charge in [0.25, 0.3) is 10.0 Å². The normalized spacial score (nSPS) is 12.5. The molecule has 30 heavy (non-hydrogen) atoms. The van der Waals surface area contributed by atoms with Gasteiger partial charge in [0.15, 0.2) is 0 Å². The van der Waals surface area contributed by atoms with Crippen LogP contribution in [0.3, 0.4) is 0 Å². The minimum absolute atomic E-state index is 0.225. The van der Waals surface area contributed by atoms with Gasteiger partial charge >= 0.3 is 0 Å². The lowest BCUT2D eigenvalue weighted by Crippen LogP contribution is -2.27. The molecule has 0 spiro atoms. The topological polar surface area (TPSA) is 76.5 Å². The fourth-order valence-corrected chi connectivity index (χ4v) is 4.62. The summed E-state index contributed by atoms with van der Waals surface area (Å²) in [5.74, 6) is 0.572. The van der Waals surface area contributed by atoms with Crippen LogP contribution in [-0.2, 0) is 10.0 Å². The average molecular weight is 419 g/mol. The zero-order valence-corrected chi connectivity index (χ0v) is 17.3. The molecule has 4 aromatic rings. The third-order valence-corrected chi connectivity index (χ3v) is 6.85. The molecule has 0 radical (unpaired) electrons. The van der Waals surface area contributed by atoms with Gasteiger partial charge in [-0.3, -0.25) is 4.31 Å². The van der Waals surface area contributed by atoms with Crippen molar-refractivity contribution in [2.45, 2.75) is 10.9 Å². The summed E-state index contributed by atoms with van der Waals surface area (Å²) in [5, 5.41) is 0. The van der Waals surface area contributed by atoms with E-state index in [9.17, 15) is 8.42 Å². The van der Waals surface area contributed by atoms with Crippen LogP contribution in [0.1, 0.15) is 17.2 Å². The van der Waals surface area contributed by atoms with E-state index in [0.717, 1.165) is 11.1 Å². The minimum Gasteiger partial charge on any atom is -0.464 e. The Labute approximate surface area is 176 Å². The Kier molecular flexibility index (Phi) is 5.44. The van der Waals surface area contributed by atoms with Gasteiger partial charge in [-0.15, -0.1) is 0 Å². The maximum absolute atomic E-state index is 13.2. The standard InChI is InChI=1S/C24H22N2O3S/c1-26(30(27,28)20-11-6-3-7-12-20)22-15-14-19(17-21(22)23-13-8-16-29-23)24(25)18-9-4-2-5-10-18/h2-17,24H,25H2,1H3. The van der Waals surface area contributed by atoms with Crippen molar-refractivity contribution in [2.24, 2.45) is 5.73 Å². The van der Waals surface area contributed by atoms with Crippen LogP contribution < -0.4 is 10.0 Å². The molecule has 152 valence electrons. The summed E-state index contributed by atoms with van der Waals surface area (Å²) >= 11 is 0. The van der Waals surface area contributed by atoms with Crippen LogP contribution in [0, 0.1) is 0 Å². The Hall–Kier alpha value is -3.35. The molecule has 0 fully saturated rings. The molecular weight excluding hydrogens is 396 g/mol. The average Bonchev–Trinajstić information content (AvgIpc) is 3.34. The molecular formula is C24H22N2O3S. The molecule has 1 heterocycles. The number of anilines is 1. The van der Waals surface area contributed by atoms with Crippen LogP contribution >= 0.6 is 0 Å². The number of sulfonamides is 1. The summed E-state index contributed by atoms with van der Waals surface area (Å²) in [6, 6.07) is 26.9. The molecule has 0 aliphatic rings. The Morgan fingerprint density at radius 1 is 0.833 bits per heavy atom. The molecule has 1 unspecified atom stereocenters. The summed E-state index contributed by atoms with van der Waals surface area (Å²) in [7, 11) is -2.19. The second-order valence-corrected chi connectivity index (χ2v) is 8.90. The van der Waals surface area contributed by atoms with Crippen molar-refractivity contribution in [3.05, 3.63) is 108 Å². The van der Waals surface area contributed by atoms with Crippen LogP contribution in [0.15, 0.2) is 107 Å². The summed E-state index contributed by atoms with van der Waals surface area (Å²) in [5.41, 5.74) is 9.49. The second-order valence-electron chi connectivity index (χ2n) is 6.93. The number of rotatable bonds is 6. The fraction of sp³-hybridized carbons (Fsp3) is 0.0833. The zero-order valence-electron chi connectivity index (χ0n) is 16.5. The van der Waals surface area contributed by atoms with Crippen LogP contribution in [-0.4, -0.2) is 15.5 Å². The molecule has 0 saturated carbocycles. The molecule has 0 amide bonds. The molecule has 6 heteroatoms. The number of hydrogen-bond acceptors (Lipinski definition) is 4.